The Morgan fingerprint density at radius 3 is 2.10 bits per heavy atom. The molecule has 0 aromatic heterocycles. The number of piperidine rings is 1. The summed E-state index contributed by atoms with van der Waals surface area (Å²) in [5.41, 5.74) is 1.04. The van der Waals surface area contributed by atoms with Gasteiger partial charge in [0.05, 0.1) is 6.10 Å². The van der Waals surface area contributed by atoms with Crippen LogP contribution in [0.15, 0.2) is 30.3 Å². The number of nitrogens with zero attached hydrogens (tertiary/aromatic N) is 1. The smallest absolute Gasteiger partial charge is 0.0947 e. The molecule has 0 spiro atoms. The molecule has 1 fully saturated rings. The maximum atomic E-state index is 10.8. The molecule has 0 saturated carbocycles. The first-order chi connectivity index (χ1) is 9.49. The number of benzene rings is 1. The van der Waals surface area contributed by atoms with E-state index >= 15 is 0 Å². The number of rotatable bonds is 4. The van der Waals surface area contributed by atoms with E-state index in [4.69, 9.17) is 0 Å². The molecule has 2 nitrogen and oxygen atoms in total. The van der Waals surface area contributed by atoms with Gasteiger partial charge in [0, 0.05) is 19.1 Å². The fraction of sp³-hybridized carbons (Fsp3) is 0.667. The molecule has 2 rings (SSSR count). The van der Waals surface area contributed by atoms with E-state index in [-0.39, 0.29) is 6.04 Å². The van der Waals surface area contributed by atoms with E-state index in [1.807, 2.05) is 30.3 Å². The largest absolute Gasteiger partial charge is 0.387 e. The highest BCUT2D eigenvalue weighted by Gasteiger charge is 2.34. The van der Waals surface area contributed by atoms with Gasteiger partial charge < -0.3 is 5.11 Å². The molecule has 1 aromatic carbocycles. The lowest BCUT2D eigenvalue weighted by molar-refractivity contribution is -0.00963. The maximum absolute atomic E-state index is 10.8. The van der Waals surface area contributed by atoms with Crippen molar-refractivity contribution < 1.29 is 5.11 Å². The summed E-state index contributed by atoms with van der Waals surface area (Å²) in [5, 5.41) is 10.8. The van der Waals surface area contributed by atoms with Crippen molar-refractivity contribution in [3.05, 3.63) is 35.9 Å². The van der Waals surface area contributed by atoms with Gasteiger partial charge in [-0.3, -0.25) is 4.90 Å². The van der Waals surface area contributed by atoms with Gasteiger partial charge in [-0.25, -0.2) is 0 Å². The van der Waals surface area contributed by atoms with Crippen LogP contribution in [0.3, 0.4) is 0 Å². The van der Waals surface area contributed by atoms with E-state index in [0.717, 1.165) is 30.5 Å². The van der Waals surface area contributed by atoms with Crippen LogP contribution in [-0.2, 0) is 0 Å². The lowest BCUT2D eigenvalue weighted by Crippen LogP contribution is -2.49. The molecule has 20 heavy (non-hydrogen) atoms. The summed E-state index contributed by atoms with van der Waals surface area (Å²) in [6, 6.07) is 10.3. The summed E-state index contributed by atoms with van der Waals surface area (Å²) in [6.45, 7) is 11.3. The molecule has 0 amide bonds. The Balaban J connectivity index is 2.18. The van der Waals surface area contributed by atoms with Crippen LogP contribution in [-0.4, -0.2) is 29.1 Å². The molecule has 0 bridgehead atoms. The molecule has 4 unspecified atom stereocenters. The van der Waals surface area contributed by atoms with Crippen LogP contribution in [0.4, 0.5) is 0 Å². The first-order valence-corrected chi connectivity index (χ1v) is 7.96. The molecule has 2 heteroatoms. The van der Waals surface area contributed by atoms with E-state index in [2.05, 4.69) is 32.6 Å². The minimum atomic E-state index is -0.395. The Kier molecular flexibility index (Phi) is 5.22. The van der Waals surface area contributed by atoms with Gasteiger partial charge in [0.15, 0.2) is 0 Å². The third-order valence-electron chi connectivity index (χ3n) is 4.47. The third-order valence-corrected chi connectivity index (χ3v) is 4.47. The molecule has 0 aliphatic carbocycles. The van der Waals surface area contributed by atoms with Crippen molar-refractivity contribution in [1.29, 1.82) is 0 Å². The summed E-state index contributed by atoms with van der Waals surface area (Å²) < 4.78 is 0. The quantitative estimate of drug-likeness (QED) is 0.905. The average molecular weight is 275 g/mol. The lowest BCUT2D eigenvalue weighted by atomic mass is 9.86. The van der Waals surface area contributed by atoms with Crippen molar-refractivity contribution in [2.45, 2.75) is 46.3 Å². The molecule has 1 aliphatic heterocycles. The molecule has 1 heterocycles. The minimum absolute atomic E-state index is 0.211. The zero-order chi connectivity index (χ0) is 14.7. The van der Waals surface area contributed by atoms with Gasteiger partial charge in [0.1, 0.15) is 0 Å². The topological polar surface area (TPSA) is 23.5 Å². The molecule has 4 atom stereocenters. The molecule has 0 radical (unpaired) electrons. The fourth-order valence-corrected chi connectivity index (χ4v) is 3.79. The van der Waals surface area contributed by atoms with Crippen molar-refractivity contribution in [2.24, 2.45) is 17.8 Å². The molecule has 1 N–H and O–H groups in total. The fourth-order valence-electron chi connectivity index (χ4n) is 3.79. The monoisotopic (exact) mass is 275 g/mol. The lowest BCUT2D eigenvalue weighted by Gasteiger charge is -2.43. The Hall–Kier alpha value is -0.860. The maximum Gasteiger partial charge on any atom is 0.0947 e. The Labute approximate surface area is 123 Å². The van der Waals surface area contributed by atoms with Crippen LogP contribution in [0.25, 0.3) is 0 Å². The summed E-state index contributed by atoms with van der Waals surface area (Å²) in [6.07, 6.45) is 0.914. The predicted molar refractivity (Wildman–Crippen MR) is 84.5 cm³/mol. The second kappa shape index (κ2) is 6.73. The second-order valence-electron chi connectivity index (χ2n) is 6.99. The van der Waals surface area contributed by atoms with Gasteiger partial charge in [0.25, 0.3) is 0 Å². The van der Waals surface area contributed by atoms with Crippen molar-refractivity contribution in [3.63, 3.8) is 0 Å². The number of aliphatic hydroxyl groups is 1. The van der Waals surface area contributed by atoms with E-state index in [1.165, 1.54) is 6.42 Å². The Morgan fingerprint density at radius 2 is 1.60 bits per heavy atom. The van der Waals surface area contributed by atoms with Gasteiger partial charge in [-0.2, -0.15) is 0 Å². The van der Waals surface area contributed by atoms with Gasteiger partial charge in [0.2, 0.25) is 0 Å². The zero-order valence-electron chi connectivity index (χ0n) is 13.3. The standard InChI is InChI=1S/C18H29NO/c1-13(2)17(18(20)16-8-6-5-7-9-16)19-11-14(3)10-15(4)12-19/h5-9,13-15,17-18,20H,10-12H2,1-4H3. The summed E-state index contributed by atoms with van der Waals surface area (Å²) in [5.74, 6) is 1.90. The normalized spacial score (nSPS) is 27.5. The molecule has 1 aromatic rings. The number of aliphatic hydroxyl groups excluding tert-OH is 1. The Bertz CT molecular complexity index is 393. The zero-order valence-corrected chi connectivity index (χ0v) is 13.3. The molecular formula is C18H29NO. The highest BCUT2D eigenvalue weighted by atomic mass is 16.3. The van der Waals surface area contributed by atoms with E-state index < -0.39 is 6.10 Å². The summed E-state index contributed by atoms with van der Waals surface area (Å²) >= 11 is 0. The van der Waals surface area contributed by atoms with Gasteiger partial charge >= 0.3 is 0 Å². The van der Waals surface area contributed by atoms with Crippen molar-refractivity contribution >= 4 is 0 Å². The number of likely N-dealkylation sites (tertiary alicyclic amines) is 1. The summed E-state index contributed by atoms with van der Waals surface area (Å²) in [4.78, 5) is 2.52. The van der Waals surface area contributed by atoms with Crippen molar-refractivity contribution in [2.75, 3.05) is 13.1 Å². The summed E-state index contributed by atoms with van der Waals surface area (Å²) in [7, 11) is 0. The highest BCUT2D eigenvalue weighted by Crippen LogP contribution is 2.31. The van der Waals surface area contributed by atoms with Crippen LogP contribution in [0.1, 0.15) is 45.8 Å². The minimum Gasteiger partial charge on any atom is -0.387 e. The SMILES string of the molecule is CC1CC(C)CN(C(C(C)C)C(O)c2ccccc2)C1. The Morgan fingerprint density at radius 1 is 1.05 bits per heavy atom. The average Bonchev–Trinajstić information content (AvgIpc) is 2.38. The van der Waals surface area contributed by atoms with Crippen LogP contribution >= 0.6 is 0 Å². The van der Waals surface area contributed by atoms with Crippen LogP contribution in [0, 0.1) is 17.8 Å². The first-order valence-electron chi connectivity index (χ1n) is 7.96. The van der Waals surface area contributed by atoms with Crippen molar-refractivity contribution in [1.82, 2.24) is 4.90 Å². The van der Waals surface area contributed by atoms with E-state index in [9.17, 15) is 5.11 Å². The van der Waals surface area contributed by atoms with Crippen molar-refractivity contribution in [3.8, 4) is 0 Å². The molecule has 1 aliphatic rings. The highest BCUT2D eigenvalue weighted by molar-refractivity contribution is 5.19. The first kappa shape index (κ1) is 15.5. The molecule has 112 valence electrons. The molecule has 1 saturated heterocycles. The number of hydrogen-bond donors (Lipinski definition) is 1. The second-order valence-corrected chi connectivity index (χ2v) is 6.99. The van der Waals surface area contributed by atoms with Crippen LogP contribution < -0.4 is 0 Å². The van der Waals surface area contributed by atoms with Crippen LogP contribution in [0.2, 0.25) is 0 Å². The van der Waals surface area contributed by atoms with Gasteiger partial charge in [-0.05, 0) is 29.7 Å². The van der Waals surface area contributed by atoms with Gasteiger partial charge in [-0.1, -0.05) is 58.0 Å². The molecular weight excluding hydrogens is 246 g/mol. The van der Waals surface area contributed by atoms with Gasteiger partial charge in [-0.15, -0.1) is 0 Å². The van der Waals surface area contributed by atoms with E-state index in [1.54, 1.807) is 0 Å². The third kappa shape index (κ3) is 3.62. The predicted octanol–water partition coefficient (Wildman–Crippen LogP) is 3.72. The van der Waals surface area contributed by atoms with E-state index in [0.29, 0.717) is 5.92 Å². The number of hydrogen-bond acceptors (Lipinski definition) is 2. The van der Waals surface area contributed by atoms with Crippen LogP contribution in [0.5, 0.6) is 0 Å².